The van der Waals surface area contributed by atoms with Crippen molar-refractivity contribution in [2.24, 2.45) is 0 Å². The van der Waals surface area contributed by atoms with Gasteiger partial charge in [0.1, 0.15) is 49.8 Å². The minimum absolute atomic E-state index is 0.000373. The van der Waals surface area contributed by atoms with Crippen molar-refractivity contribution in [1.29, 1.82) is 0 Å². The quantitative estimate of drug-likeness (QED) is 0.237. The Morgan fingerprint density at radius 2 is 1.51 bits per heavy atom. The average Bonchev–Trinajstić information content (AvgIpc) is 3.44. The molecular formula is C27H38FN3O6. The van der Waals surface area contributed by atoms with Crippen LogP contribution in [0.5, 0.6) is 17.2 Å². The van der Waals surface area contributed by atoms with Crippen LogP contribution in [0.4, 0.5) is 14.9 Å². The topological polar surface area (TPSA) is 110 Å². The molecule has 204 valence electrons. The number of rotatable bonds is 17. The molecule has 2 aromatic rings. The number of nitrogens with one attached hydrogen (secondary N) is 3. The number of alkyl halides is 1. The van der Waals surface area contributed by atoms with E-state index in [4.69, 9.17) is 18.9 Å². The minimum atomic E-state index is -0.699. The zero-order chi connectivity index (χ0) is 26.1. The number of aliphatic hydroxyl groups is 1. The molecule has 1 aliphatic carbocycles. The number of anilines is 1. The Hall–Kier alpha value is -3.08. The van der Waals surface area contributed by atoms with Crippen LogP contribution in [0.2, 0.25) is 0 Å². The van der Waals surface area contributed by atoms with Crippen LogP contribution < -0.4 is 30.2 Å². The largest absolute Gasteiger partial charge is 0.491 e. The molecule has 2 aromatic carbocycles. The predicted octanol–water partition coefficient (Wildman–Crippen LogP) is 3.52. The van der Waals surface area contributed by atoms with Gasteiger partial charge >= 0.3 is 6.03 Å². The minimum Gasteiger partial charge on any atom is -0.491 e. The molecule has 1 saturated carbocycles. The van der Waals surface area contributed by atoms with Crippen molar-refractivity contribution in [3.63, 3.8) is 0 Å². The highest BCUT2D eigenvalue weighted by Gasteiger charge is 2.14. The number of hydrogen-bond donors (Lipinski definition) is 4. The van der Waals surface area contributed by atoms with Crippen molar-refractivity contribution < 1.29 is 33.2 Å². The predicted molar refractivity (Wildman–Crippen MR) is 139 cm³/mol. The first-order chi connectivity index (χ1) is 18.1. The lowest BCUT2D eigenvalue weighted by molar-refractivity contribution is 0.0382. The number of carbonyl (C=O) groups excluding carboxylic acids is 1. The van der Waals surface area contributed by atoms with E-state index in [9.17, 15) is 14.3 Å². The van der Waals surface area contributed by atoms with Crippen LogP contribution in [0.25, 0.3) is 0 Å². The van der Waals surface area contributed by atoms with Crippen LogP contribution in [-0.2, 0) is 4.74 Å². The van der Waals surface area contributed by atoms with Crippen LogP contribution in [0.3, 0.4) is 0 Å². The lowest BCUT2D eigenvalue weighted by Crippen LogP contribution is -2.38. The van der Waals surface area contributed by atoms with Gasteiger partial charge in [0, 0.05) is 25.3 Å². The Balaban J connectivity index is 1.19. The number of amides is 2. The van der Waals surface area contributed by atoms with Crippen LogP contribution in [-0.4, -0.2) is 76.1 Å². The lowest BCUT2D eigenvalue weighted by atomic mass is 10.3. The van der Waals surface area contributed by atoms with Gasteiger partial charge in [-0.15, -0.1) is 0 Å². The fourth-order valence-electron chi connectivity index (χ4n) is 3.81. The summed E-state index contributed by atoms with van der Waals surface area (Å²) in [4.78, 5) is 12.0. The van der Waals surface area contributed by atoms with E-state index in [0.717, 1.165) is 18.6 Å². The van der Waals surface area contributed by atoms with E-state index in [-0.39, 0.29) is 19.2 Å². The molecule has 1 aliphatic rings. The van der Waals surface area contributed by atoms with E-state index in [1.807, 2.05) is 12.1 Å². The van der Waals surface area contributed by atoms with E-state index in [1.165, 1.54) is 12.8 Å². The smallest absolute Gasteiger partial charge is 0.319 e. The molecule has 0 saturated heterocycles. The fraction of sp³-hybridized carbons (Fsp3) is 0.519. The number of carbonyl (C=O) groups is 1. The van der Waals surface area contributed by atoms with Crippen molar-refractivity contribution in [2.45, 2.75) is 37.9 Å². The molecule has 10 heteroatoms. The summed E-state index contributed by atoms with van der Waals surface area (Å²) < 4.78 is 34.4. The zero-order valence-electron chi connectivity index (χ0n) is 21.1. The van der Waals surface area contributed by atoms with Gasteiger partial charge in [0.15, 0.2) is 0 Å². The summed E-state index contributed by atoms with van der Waals surface area (Å²) in [6.07, 6.45) is 4.51. The molecule has 2 amide bonds. The molecule has 0 aromatic heterocycles. The molecule has 1 atom stereocenters. The maximum Gasteiger partial charge on any atom is 0.319 e. The Bertz CT molecular complexity index is 894. The van der Waals surface area contributed by atoms with Gasteiger partial charge in [-0.25, -0.2) is 9.18 Å². The number of urea groups is 1. The molecule has 37 heavy (non-hydrogen) atoms. The first kappa shape index (κ1) is 28.5. The van der Waals surface area contributed by atoms with Gasteiger partial charge < -0.3 is 40.0 Å². The van der Waals surface area contributed by atoms with Crippen molar-refractivity contribution >= 4 is 11.7 Å². The van der Waals surface area contributed by atoms with Crippen LogP contribution >= 0.6 is 0 Å². The Labute approximate surface area is 217 Å². The van der Waals surface area contributed by atoms with Gasteiger partial charge in [0.05, 0.1) is 12.7 Å². The molecule has 1 unspecified atom stereocenters. The van der Waals surface area contributed by atoms with E-state index < -0.39 is 12.8 Å². The Morgan fingerprint density at radius 1 is 0.892 bits per heavy atom. The SMILES string of the molecule is O=C(NCCNCC(O)COc1ccc(OCCOC2CCCC2)cc1)Nc1ccc(OCCF)cc1. The average molecular weight is 520 g/mol. The van der Waals surface area contributed by atoms with Crippen LogP contribution in [0.1, 0.15) is 25.7 Å². The summed E-state index contributed by atoms with van der Waals surface area (Å²) in [7, 11) is 0. The second-order valence-electron chi connectivity index (χ2n) is 8.71. The molecular weight excluding hydrogens is 481 g/mol. The molecule has 9 nitrogen and oxygen atoms in total. The van der Waals surface area contributed by atoms with E-state index in [1.54, 1.807) is 36.4 Å². The molecule has 0 spiro atoms. The molecule has 4 N–H and O–H groups in total. The van der Waals surface area contributed by atoms with Crippen molar-refractivity contribution in [3.8, 4) is 17.2 Å². The van der Waals surface area contributed by atoms with E-state index in [2.05, 4.69) is 16.0 Å². The zero-order valence-corrected chi connectivity index (χ0v) is 21.1. The first-order valence-corrected chi connectivity index (χ1v) is 12.8. The fourth-order valence-corrected chi connectivity index (χ4v) is 3.81. The van der Waals surface area contributed by atoms with E-state index >= 15 is 0 Å². The third-order valence-electron chi connectivity index (χ3n) is 5.70. The number of halogens is 1. The standard InChI is InChI=1S/C27H38FN3O6/c28-13-16-34-24-7-5-21(6-8-24)31-27(33)30-15-14-29-19-22(32)20-37-26-11-9-25(10-12-26)36-18-17-35-23-3-1-2-4-23/h5-12,22-23,29,32H,1-4,13-20H2,(H2,30,31,33). The summed E-state index contributed by atoms with van der Waals surface area (Å²) in [5.74, 6) is 1.94. The third-order valence-corrected chi connectivity index (χ3v) is 5.70. The first-order valence-electron chi connectivity index (χ1n) is 12.8. The second-order valence-corrected chi connectivity index (χ2v) is 8.71. The van der Waals surface area contributed by atoms with Crippen LogP contribution in [0.15, 0.2) is 48.5 Å². The monoisotopic (exact) mass is 519 g/mol. The maximum absolute atomic E-state index is 12.1. The van der Waals surface area contributed by atoms with Gasteiger partial charge in [-0.05, 0) is 61.4 Å². The normalized spacial score (nSPS) is 14.2. The van der Waals surface area contributed by atoms with Gasteiger partial charge in [0.2, 0.25) is 0 Å². The molecule has 0 aliphatic heterocycles. The summed E-state index contributed by atoms with van der Waals surface area (Å²) in [6.45, 7) is 1.88. The Kier molecular flexibility index (Phi) is 12.8. The third kappa shape index (κ3) is 11.7. The molecule has 0 radical (unpaired) electrons. The maximum atomic E-state index is 12.1. The van der Waals surface area contributed by atoms with Gasteiger partial charge in [0.25, 0.3) is 0 Å². The van der Waals surface area contributed by atoms with Gasteiger partial charge in [-0.1, -0.05) is 12.8 Å². The van der Waals surface area contributed by atoms with Crippen molar-refractivity contribution in [2.75, 3.05) is 58.1 Å². The van der Waals surface area contributed by atoms with Crippen LogP contribution in [0, 0.1) is 0 Å². The molecule has 0 bridgehead atoms. The number of ether oxygens (including phenoxy) is 4. The molecule has 0 heterocycles. The lowest BCUT2D eigenvalue weighted by Gasteiger charge is -2.14. The van der Waals surface area contributed by atoms with Gasteiger partial charge in [-0.2, -0.15) is 0 Å². The summed E-state index contributed by atoms with van der Waals surface area (Å²) >= 11 is 0. The Morgan fingerprint density at radius 3 is 2.19 bits per heavy atom. The highest BCUT2D eigenvalue weighted by molar-refractivity contribution is 5.89. The van der Waals surface area contributed by atoms with Crippen molar-refractivity contribution in [1.82, 2.24) is 10.6 Å². The molecule has 1 fully saturated rings. The summed E-state index contributed by atoms with van der Waals surface area (Å²) in [5, 5.41) is 18.6. The molecule has 3 rings (SSSR count). The summed E-state index contributed by atoms with van der Waals surface area (Å²) in [5.41, 5.74) is 0.596. The second kappa shape index (κ2) is 16.6. The van der Waals surface area contributed by atoms with E-state index in [0.29, 0.717) is 56.1 Å². The number of hydrogen-bond acceptors (Lipinski definition) is 7. The van der Waals surface area contributed by atoms with Crippen molar-refractivity contribution in [3.05, 3.63) is 48.5 Å². The van der Waals surface area contributed by atoms with Gasteiger partial charge in [-0.3, -0.25) is 0 Å². The highest BCUT2D eigenvalue weighted by Crippen LogP contribution is 2.21. The number of aliphatic hydroxyl groups excluding tert-OH is 1. The summed E-state index contributed by atoms with van der Waals surface area (Å²) in [6, 6.07) is 13.6. The number of benzene rings is 2. The highest BCUT2D eigenvalue weighted by atomic mass is 19.1.